The largest absolute Gasteiger partial charge is 0.387 e. The van der Waals surface area contributed by atoms with Crippen LogP contribution < -0.4 is 16.2 Å². The van der Waals surface area contributed by atoms with Crippen molar-refractivity contribution < 1.29 is 9.90 Å². The van der Waals surface area contributed by atoms with Gasteiger partial charge in [0.2, 0.25) is 5.91 Å². The molecule has 2 aliphatic rings. The Hall–Kier alpha value is -3.29. The van der Waals surface area contributed by atoms with Gasteiger partial charge in [0.25, 0.3) is 5.56 Å². The number of carbonyl (C=O) groups is 1. The third-order valence-corrected chi connectivity index (χ3v) is 6.71. The van der Waals surface area contributed by atoms with E-state index in [1.807, 2.05) is 54.6 Å². The minimum absolute atomic E-state index is 0.0585. The molecular formula is C26H28N4O3. The number of nitrogens with one attached hydrogen (secondary N) is 2. The highest BCUT2D eigenvalue weighted by Crippen LogP contribution is 2.27. The summed E-state index contributed by atoms with van der Waals surface area (Å²) in [6, 6.07) is 18.9. The van der Waals surface area contributed by atoms with Gasteiger partial charge < -0.3 is 15.7 Å². The van der Waals surface area contributed by atoms with Crippen LogP contribution in [0.15, 0.2) is 71.7 Å². The van der Waals surface area contributed by atoms with Crippen LogP contribution in [0.25, 0.3) is 0 Å². The van der Waals surface area contributed by atoms with Crippen LogP contribution in [0.4, 0.5) is 5.69 Å². The average molecular weight is 445 g/mol. The van der Waals surface area contributed by atoms with Crippen LogP contribution in [0.1, 0.15) is 48.4 Å². The van der Waals surface area contributed by atoms with Crippen LogP contribution in [0.3, 0.4) is 0 Å². The maximum atomic E-state index is 12.8. The molecule has 3 N–H and O–H groups in total. The van der Waals surface area contributed by atoms with E-state index in [4.69, 9.17) is 0 Å². The number of aliphatic hydroxyl groups excluding tert-OH is 1. The van der Waals surface area contributed by atoms with E-state index in [1.54, 1.807) is 0 Å². The van der Waals surface area contributed by atoms with E-state index in [9.17, 15) is 14.7 Å². The molecule has 3 unspecified atom stereocenters. The van der Waals surface area contributed by atoms with Gasteiger partial charge >= 0.3 is 0 Å². The molecule has 2 aliphatic heterocycles. The molecule has 0 saturated carbocycles. The Morgan fingerprint density at radius 3 is 2.67 bits per heavy atom. The van der Waals surface area contributed by atoms with Crippen molar-refractivity contribution in [2.75, 3.05) is 5.32 Å². The Balaban J connectivity index is 1.17. The number of fused-ring (bicyclic) bond motifs is 1. The Morgan fingerprint density at radius 1 is 1.09 bits per heavy atom. The van der Waals surface area contributed by atoms with Gasteiger partial charge in [0, 0.05) is 36.5 Å². The van der Waals surface area contributed by atoms with Crippen molar-refractivity contribution in [2.24, 2.45) is 0 Å². The van der Waals surface area contributed by atoms with Gasteiger partial charge in [-0.2, -0.15) is 0 Å². The molecule has 33 heavy (non-hydrogen) atoms. The number of aliphatic hydroxyl groups is 1. The summed E-state index contributed by atoms with van der Waals surface area (Å²) in [5.41, 5.74) is 2.64. The van der Waals surface area contributed by atoms with E-state index >= 15 is 0 Å². The van der Waals surface area contributed by atoms with Crippen LogP contribution in [-0.4, -0.2) is 32.6 Å². The zero-order valence-corrected chi connectivity index (χ0v) is 18.4. The number of hydrogen-bond donors (Lipinski definition) is 3. The second-order valence-corrected chi connectivity index (χ2v) is 8.92. The molecule has 1 aromatic heterocycles. The fraction of sp³-hybridized carbons (Fsp3) is 0.346. The first-order valence-electron chi connectivity index (χ1n) is 11.5. The molecule has 2 aromatic carbocycles. The lowest BCUT2D eigenvalue weighted by Crippen LogP contribution is -2.35. The Labute approximate surface area is 192 Å². The van der Waals surface area contributed by atoms with Crippen molar-refractivity contribution >= 4 is 11.6 Å². The highest BCUT2D eigenvalue weighted by atomic mass is 16.3. The van der Waals surface area contributed by atoms with E-state index in [0.717, 1.165) is 24.8 Å². The number of anilines is 1. The molecule has 0 radical (unpaired) electrons. The molecular weight excluding hydrogens is 416 g/mol. The molecule has 1 fully saturated rings. The molecule has 0 bridgehead atoms. The summed E-state index contributed by atoms with van der Waals surface area (Å²) in [4.78, 5) is 29.1. The SMILES string of the molecule is O=C(Nc1ccc(CC2CCC([C@H](O)c3ccccc3)N2)cc1)C1CCc2nccc(=O)n21. The summed E-state index contributed by atoms with van der Waals surface area (Å²) in [6.45, 7) is 0. The zero-order valence-electron chi connectivity index (χ0n) is 18.4. The second kappa shape index (κ2) is 9.29. The minimum atomic E-state index is -0.517. The van der Waals surface area contributed by atoms with Gasteiger partial charge in [-0.05, 0) is 48.9 Å². The van der Waals surface area contributed by atoms with Gasteiger partial charge in [-0.15, -0.1) is 0 Å². The van der Waals surface area contributed by atoms with E-state index < -0.39 is 12.1 Å². The lowest BCUT2D eigenvalue weighted by molar-refractivity contribution is -0.119. The third kappa shape index (κ3) is 4.60. The molecule has 5 rings (SSSR count). The number of aryl methyl sites for hydroxylation is 1. The predicted molar refractivity (Wildman–Crippen MR) is 126 cm³/mol. The monoisotopic (exact) mass is 444 g/mol. The van der Waals surface area contributed by atoms with Crippen LogP contribution in [-0.2, 0) is 17.6 Å². The van der Waals surface area contributed by atoms with Gasteiger partial charge in [-0.1, -0.05) is 42.5 Å². The van der Waals surface area contributed by atoms with Crippen molar-refractivity contribution in [3.63, 3.8) is 0 Å². The Bertz CT molecular complexity index is 1180. The summed E-state index contributed by atoms with van der Waals surface area (Å²) in [5, 5.41) is 17.2. The van der Waals surface area contributed by atoms with Crippen molar-refractivity contribution in [2.45, 2.75) is 56.3 Å². The Morgan fingerprint density at radius 2 is 1.88 bits per heavy atom. The summed E-state index contributed by atoms with van der Waals surface area (Å²) in [5.74, 6) is 0.476. The normalized spacial score (nSPS) is 22.6. The van der Waals surface area contributed by atoms with Crippen molar-refractivity contribution in [1.29, 1.82) is 0 Å². The molecule has 3 heterocycles. The van der Waals surface area contributed by atoms with E-state index in [2.05, 4.69) is 15.6 Å². The maximum absolute atomic E-state index is 12.8. The lowest BCUT2D eigenvalue weighted by Gasteiger charge is -2.20. The lowest BCUT2D eigenvalue weighted by atomic mass is 10.0. The van der Waals surface area contributed by atoms with Crippen molar-refractivity contribution in [3.05, 3.63) is 94.2 Å². The molecule has 170 valence electrons. The highest BCUT2D eigenvalue weighted by molar-refractivity contribution is 5.94. The second-order valence-electron chi connectivity index (χ2n) is 8.92. The van der Waals surface area contributed by atoms with Crippen LogP contribution in [0.2, 0.25) is 0 Å². The number of amides is 1. The fourth-order valence-electron chi connectivity index (χ4n) is 5.00. The first-order chi connectivity index (χ1) is 16.1. The predicted octanol–water partition coefficient (Wildman–Crippen LogP) is 2.77. The van der Waals surface area contributed by atoms with Gasteiger partial charge in [0.05, 0.1) is 6.10 Å². The number of nitrogens with zero attached hydrogens (tertiary/aromatic N) is 2. The van der Waals surface area contributed by atoms with Crippen LogP contribution in [0.5, 0.6) is 0 Å². The molecule has 0 aliphatic carbocycles. The van der Waals surface area contributed by atoms with E-state index in [-0.39, 0.29) is 17.5 Å². The van der Waals surface area contributed by atoms with Crippen LogP contribution in [0, 0.1) is 0 Å². The first kappa shape index (κ1) is 21.6. The third-order valence-electron chi connectivity index (χ3n) is 6.71. The Kier molecular flexibility index (Phi) is 6.07. The van der Waals surface area contributed by atoms with Gasteiger partial charge in [0.1, 0.15) is 11.9 Å². The van der Waals surface area contributed by atoms with Gasteiger partial charge in [-0.25, -0.2) is 4.98 Å². The number of benzene rings is 2. The topological polar surface area (TPSA) is 96.2 Å². The number of rotatable bonds is 6. The first-order valence-corrected chi connectivity index (χ1v) is 11.5. The van der Waals surface area contributed by atoms with E-state index in [1.165, 1.54) is 22.4 Å². The average Bonchev–Trinajstić information content (AvgIpc) is 3.49. The summed E-state index contributed by atoms with van der Waals surface area (Å²) >= 11 is 0. The van der Waals surface area contributed by atoms with Gasteiger partial charge in [-0.3, -0.25) is 14.2 Å². The number of aromatic nitrogens is 2. The number of hydrogen-bond acceptors (Lipinski definition) is 5. The molecule has 7 nitrogen and oxygen atoms in total. The molecule has 1 amide bonds. The quantitative estimate of drug-likeness (QED) is 0.543. The minimum Gasteiger partial charge on any atom is -0.387 e. The van der Waals surface area contributed by atoms with E-state index in [0.29, 0.717) is 30.4 Å². The standard InChI is InChI=1S/C26H28N4O3/c31-24-14-15-27-23-13-12-22(30(23)24)26(33)29-19-8-6-17(7-9-19)16-20-10-11-21(28-20)25(32)18-4-2-1-3-5-18/h1-9,14-15,20-22,25,28,32H,10-13,16H2,(H,29,33)/t20?,21?,22?,25-/m1/s1. The maximum Gasteiger partial charge on any atom is 0.254 e. The molecule has 4 atom stereocenters. The van der Waals surface area contributed by atoms with Crippen molar-refractivity contribution in [3.8, 4) is 0 Å². The number of carbonyl (C=O) groups excluding carboxylic acids is 1. The highest BCUT2D eigenvalue weighted by Gasteiger charge is 2.31. The van der Waals surface area contributed by atoms with Crippen molar-refractivity contribution in [1.82, 2.24) is 14.9 Å². The zero-order chi connectivity index (χ0) is 22.8. The summed E-state index contributed by atoms with van der Waals surface area (Å²) < 4.78 is 1.50. The fourth-order valence-corrected chi connectivity index (χ4v) is 5.00. The summed E-state index contributed by atoms with van der Waals surface area (Å²) in [6.07, 6.45) is 5.02. The molecule has 3 aromatic rings. The smallest absolute Gasteiger partial charge is 0.254 e. The van der Waals surface area contributed by atoms with Gasteiger partial charge in [0.15, 0.2) is 0 Å². The van der Waals surface area contributed by atoms with Crippen LogP contribution >= 0.6 is 0 Å². The molecule has 1 saturated heterocycles. The molecule has 7 heteroatoms. The summed E-state index contributed by atoms with van der Waals surface area (Å²) in [7, 11) is 0. The molecule has 0 spiro atoms.